The van der Waals surface area contributed by atoms with E-state index in [2.05, 4.69) is 9.68 Å². The molecule has 1 rings (SSSR count). The van der Waals surface area contributed by atoms with E-state index in [1.165, 1.54) is 6.26 Å². The van der Waals surface area contributed by atoms with Gasteiger partial charge in [-0.15, -0.1) is 0 Å². The van der Waals surface area contributed by atoms with Crippen molar-refractivity contribution in [2.24, 2.45) is 0 Å². The van der Waals surface area contributed by atoms with Crippen molar-refractivity contribution in [2.75, 3.05) is 0 Å². The Kier molecular flexibility index (Phi) is 1.63. The molecule has 0 fully saturated rings. The van der Waals surface area contributed by atoms with Crippen molar-refractivity contribution >= 4 is 6.29 Å². The first-order chi connectivity index (χ1) is 4.38. The molecule has 0 saturated heterocycles. The summed E-state index contributed by atoms with van der Waals surface area (Å²) < 4.78 is 4.55. The molecule has 0 spiro atoms. The van der Waals surface area contributed by atoms with Gasteiger partial charge in [0.15, 0.2) is 6.29 Å². The number of carbonyl (C=O) groups is 1. The first-order valence-corrected chi connectivity index (χ1v) is 2.77. The molecule has 0 atom stereocenters. The molecule has 1 heterocycles. The Morgan fingerprint density at radius 1 is 1.89 bits per heavy atom. The van der Waals surface area contributed by atoms with Crippen LogP contribution in [0.2, 0.25) is 0 Å². The van der Waals surface area contributed by atoms with E-state index in [-0.39, 0.29) is 0 Å². The molecule has 0 aliphatic heterocycles. The third-order valence-corrected chi connectivity index (χ3v) is 1.17. The van der Waals surface area contributed by atoms with Gasteiger partial charge in [0.2, 0.25) is 0 Å². The molecule has 0 saturated carbocycles. The standard InChI is InChI=1S/C6H7NO2/c1-2-5-4-9-7-6(5)3-8/h3-4H,2H2,1H3. The van der Waals surface area contributed by atoms with Crippen LogP contribution in [-0.4, -0.2) is 11.4 Å². The third kappa shape index (κ3) is 0.988. The molecule has 1 aromatic heterocycles. The number of aryl methyl sites for hydroxylation is 1. The predicted molar refractivity (Wildman–Crippen MR) is 31.3 cm³/mol. The molecule has 0 unspecified atom stereocenters. The van der Waals surface area contributed by atoms with Crippen molar-refractivity contribution in [1.82, 2.24) is 5.16 Å². The van der Waals surface area contributed by atoms with Crippen LogP contribution in [0.15, 0.2) is 10.8 Å². The van der Waals surface area contributed by atoms with Crippen LogP contribution in [0.4, 0.5) is 0 Å². The molecule has 1 aromatic rings. The summed E-state index contributed by atoms with van der Waals surface area (Å²) in [4.78, 5) is 10.1. The van der Waals surface area contributed by atoms with E-state index >= 15 is 0 Å². The highest BCUT2D eigenvalue weighted by Gasteiger charge is 2.01. The molecule has 0 aliphatic carbocycles. The Balaban J connectivity index is 2.98. The summed E-state index contributed by atoms with van der Waals surface area (Å²) in [5.41, 5.74) is 1.28. The summed E-state index contributed by atoms with van der Waals surface area (Å²) in [6.45, 7) is 1.94. The van der Waals surface area contributed by atoms with E-state index in [1.807, 2.05) is 6.92 Å². The quantitative estimate of drug-likeness (QED) is 0.555. The van der Waals surface area contributed by atoms with Gasteiger partial charge in [0.25, 0.3) is 0 Å². The van der Waals surface area contributed by atoms with Crippen molar-refractivity contribution in [1.29, 1.82) is 0 Å². The fourth-order valence-corrected chi connectivity index (χ4v) is 0.627. The highest BCUT2D eigenvalue weighted by atomic mass is 16.5. The van der Waals surface area contributed by atoms with E-state index in [0.29, 0.717) is 12.0 Å². The zero-order valence-electron chi connectivity index (χ0n) is 5.13. The number of rotatable bonds is 2. The SMILES string of the molecule is CCc1conc1C=O. The van der Waals surface area contributed by atoms with Crippen LogP contribution in [0, 0.1) is 0 Å². The van der Waals surface area contributed by atoms with Crippen LogP contribution in [0.3, 0.4) is 0 Å². The first kappa shape index (κ1) is 6.01. The molecule has 3 heteroatoms. The molecule has 0 aliphatic rings. The normalized spacial score (nSPS) is 9.44. The predicted octanol–water partition coefficient (Wildman–Crippen LogP) is 1.05. The number of carbonyl (C=O) groups excluding carboxylic acids is 1. The summed E-state index contributed by atoms with van der Waals surface area (Å²) in [5.74, 6) is 0. The van der Waals surface area contributed by atoms with Crippen LogP contribution in [0.5, 0.6) is 0 Å². The molecular weight excluding hydrogens is 118 g/mol. The minimum absolute atomic E-state index is 0.414. The monoisotopic (exact) mass is 125 g/mol. The Hall–Kier alpha value is -1.12. The highest BCUT2D eigenvalue weighted by Crippen LogP contribution is 2.03. The topological polar surface area (TPSA) is 43.1 Å². The molecule has 9 heavy (non-hydrogen) atoms. The van der Waals surface area contributed by atoms with Crippen molar-refractivity contribution in [3.05, 3.63) is 17.5 Å². The van der Waals surface area contributed by atoms with Gasteiger partial charge in [-0.25, -0.2) is 0 Å². The van der Waals surface area contributed by atoms with Gasteiger partial charge in [-0.2, -0.15) is 0 Å². The lowest BCUT2D eigenvalue weighted by Gasteiger charge is -1.82. The van der Waals surface area contributed by atoms with Crippen LogP contribution in [-0.2, 0) is 6.42 Å². The Bertz CT molecular complexity index is 205. The largest absolute Gasteiger partial charge is 0.364 e. The zero-order chi connectivity index (χ0) is 6.69. The molecular formula is C6H7NO2. The number of aldehydes is 1. The van der Waals surface area contributed by atoms with E-state index in [4.69, 9.17) is 0 Å². The molecule has 0 bridgehead atoms. The van der Waals surface area contributed by atoms with E-state index in [1.54, 1.807) is 0 Å². The van der Waals surface area contributed by atoms with Crippen molar-refractivity contribution in [3.63, 3.8) is 0 Å². The average Bonchev–Trinajstić information content (AvgIpc) is 2.33. The van der Waals surface area contributed by atoms with Gasteiger partial charge in [0.05, 0.1) is 0 Å². The van der Waals surface area contributed by atoms with Gasteiger partial charge in [-0.3, -0.25) is 4.79 Å². The fraction of sp³-hybridized carbons (Fsp3) is 0.333. The maximum absolute atomic E-state index is 10.1. The van der Waals surface area contributed by atoms with Gasteiger partial charge in [0.1, 0.15) is 12.0 Å². The lowest BCUT2D eigenvalue weighted by molar-refractivity contribution is 0.111. The lowest BCUT2D eigenvalue weighted by Crippen LogP contribution is -1.84. The summed E-state index contributed by atoms with van der Waals surface area (Å²) >= 11 is 0. The second-order valence-corrected chi connectivity index (χ2v) is 1.70. The second-order valence-electron chi connectivity index (χ2n) is 1.70. The molecule has 0 aromatic carbocycles. The smallest absolute Gasteiger partial charge is 0.172 e. The number of nitrogens with zero attached hydrogens (tertiary/aromatic N) is 1. The molecule has 3 nitrogen and oxygen atoms in total. The summed E-state index contributed by atoms with van der Waals surface area (Å²) in [6.07, 6.45) is 2.98. The van der Waals surface area contributed by atoms with Crippen LogP contribution in [0.25, 0.3) is 0 Å². The van der Waals surface area contributed by atoms with Crippen LogP contribution in [0.1, 0.15) is 23.0 Å². The number of hydrogen-bond acceptors (Lipinski definition) is 3. The Morgan fingerprint density at radius 2 is 2.67 bits per heavy atom. The van der Waals surface area contributed by atoms with E-state index < -0.39 is 0 Å². The highest BCUT2D eigenvalue weighted by molar-refractivity contribution is 5.73. The summed E-state index contributed by atoms with van der Waals surface area (Å²) in [5, 5.41) is 3.46. The van der Waals surface area contributed by atoms with Gasteiger partial charge < -0.3 is 4.52 Å². The van der Waals surface area contributed by atoms with Crippen molar-refractivity contribution < 1.29 is 9.32 Å². The Labute approximate surface area is 52.7 Å². The minimum Gasteiger partial charge on any atom is -0.364 e. The van der Waals surface area contributed by atoms with Crippen molar-refractivity contribution in [3.8, 4) is 0 Å². The number of hydrogen-bond donors (Lipinski definition) is 0. The zero-order valence-corrected chi connectivity index (χ0v) is 5.13. The summed E-state index contributed by atoms with van der Waals surface area (Å²) in [7, 11) is 0. The van der Waals surface area contributed by atoms with Gasteiger partial charge in [-0.1, -0.05) is 12.1 Å². The van der Waals surface area contributed by atoms with Crippen LogP contribution < -0.4 is 0 Å². The summed E-state index contributed by atoms with van der Waals surface area (Å²) in [6, 6.07) is 0. The maximum Gasteiger partial charge on any atom is 0.172 e. The molecule has 0 N–H and O–H groups in total. The van der Waals surface area contributed by atoms with Crippen molar-refractivity contribution in [2.45, 2.75) is 13.3 Å². The molecule has 0 amide bonds. The first-order valence-electron chi connectivity index (χ1n) is 2.77. The lowest BCUT2D eigenvalue weighted by atomic mass is 10.2. The number of aromatic nitrogens is 1. The van der Waals surface area contributed by atoms with Gasteiger partial charge in [0, 0.05) is 5.56 Å². The molecule has 48 valence electrons. The Morgan fingerprint density at radius 3 is 3.11 bits per heavy atom. The van der Waals surface area contributed by atoms with E-state index in [0.717, 1.165) is 12.0 Å². The third-order valence-electron chi connectivity index (χ3n) is 1.17. The van der Waals surface area contributed by atoms with Gasteiger partial charge >= 0.3 is 0 Å². The average molecular weight is 125 g/mol. The minimum atomic E-state index is 0.414. The maximum atomic E-state index is 10.1. The fourth-order valence-electron chi connectivity index (χ4n) is 0.627. The van der Waals surface area contributed by atoms with Gasteiger partial charge in [-0.05, 0) is 6.42 Å². The molecule has 0 radical (unpaired) electrons. The van der Waals surface area contributed by atoms with Crippen LogP contribution >= 0.6 is 0 Å². The second kappa shape index (κ2) is 2.44. The van der Waals surface area contributed by atoms with E-state index in [9.17, 15) is 4.79 Å².